The van der Waals surface area contributed by atoms with E-state index in [1.165, 1.54) is 0 Å². The van der Waals surface area contributed by atoms with E-state index in [0.717, 1.165) is 30.8 Å². The third kappa shape index (κ3) is 2.96. The van der Waals surface area contributed by atoms with Gasteiger partial charge in [-0.05, 0) is 24.3 Å². The van der Waals surface area contributed by atoms with Gasteiger partial charge in [0.05, 0.1) is 5.69 Å². The molecule has 0 saturated heterocycles. The van der Waals surface area contributed by atoms with Gasteiger partial charge in [-0.2, -0.15) is 0 Å². The van der Waals surface area contributed by atoms with Crippen LogP contribution in [0.5, 0.6) is 0 Å². The summed E-state index contributed by atoms with van der Waals surface area (Å²) in [6, 6.07) is 16.4. The SMILES string of the molecule is Brc1ccc(-c2nc(-c3cccc(Br)c3)cs2)cc1. The molecular formula is C15H9Br2NS. The predicted octanol–water partition coefficient (Wildman–Crippen LogP) is 6.00. The Balaban J connectivity index is 1.97. The van der Waals surface area contributed by atoms with Gasteiger partial charge in [0.2, 0.25) is 0 Å². The molecule has 0 amide bonds. The van der Waals surface area contributed by atoms with Crippen molar-refractivity contribution in [2.75, 3.05) is 0 Å². The zero-order valence-electron chi connectivity index (χ0n) is 9.81. The molecular weight excluding hydrogens is 386 g/mol. The van der Waals surface area contributed by atoms with Crippen LogP contribution in [0.25, 0.3) is 21.8 Å². The van der Waals surface area contributed by atoms with Crippen molar-refractivity contribution in [2.24, 2.45) is 0 Å². The van der Waals surface area contributed by atoms with Crippen molar-refractivity contribution in [3.8, 4) is 21.8 Å². The van der Waals surface area contributed by atoms with E-state index in [0.29, 0.717) is 0 Å². The maximum absolute atomic E-state index is 4.70. The monoisotopic (exact) mass is 393 g/mol. The van der Waals surface area contributed by atoms with Gasteiger partial charge in [-0.1, -0.05) is 56.1 Å². The summed E-state index contributed by atoms with van der Waals surface area (Å²) < 4.78 is 2.16. The molecule has 0 saturated carbocycles. The molecule has 94 valence electrons. The summed E-state index contributed by atoms with van der Waals surface area (Å²) in [5, 5.41) is 3.14. The van der Waals surface area contributed by atoms with Gasteiger partial charge in [0.1, 0.15) is 5.01 Å². The van der Waals surface area contributed by atoms with Crippen molar-refractivity contribution in [3.05, 3.63) is 62.9 Å². The molecule has 1 nitrogen and oxygen atoms in total. The van der Waals surface area contributed by atoms with Gasteiger partial charge in [0, 0.05) is 25.5 Å². The number of hydrogen-bond donors (Lipinski definition) is 0. The van der Waals surface area contributed by atoms with Gasteiger partial charge in [-0.25, -0.2) is 4.98 Å². The highest BCUT2D eigenvalue weighted by atomic mass is 79.9. The normalized spacial score (nSPS) is 10.6. The van der Waals surface area contributed by atoms with Crippen LogP contribution in [0.15, 0.2) is 62.9 Å². The summed E-state index contributed by atoms with van der Waals surface area (Å²) in [5.41, 5.74) is 3.30. The van der Waals surface area contributed by atoms with Gasteiger partial charge in [0.15, 0.2) is 0 Å². The molecule has 3 aromatic rings. The molecule has 1 aromatic heterocycles. The van der Waals surface area contributed by atoms with Crippen LogP contribution >= 0.6 is 43.2 Å². The van der Waals surface area contributed by atoms with Gasteiger partial charge >= 0.3 is 0 Å². The molecule has 3 rings (SSSR count). The lowest BCUT2D eigenvalue weighted by Gasteiger charge is -1.98. The van der Waals surface area contributed by atoms with Crippen LogP contribution in [0.1, 0.15) is 0 Å². The molecule has 0 N–H and O–H groups in total. The zero-order valence-corrected chi connectivity index (χ0v) is 13.8. The van der Waals surface area contributed by atoms with Crippen molar-refractivity contribution >= 4 is 43.2 Å². The molecule has 0 bridgehead atoms. The van der Waals surface area contributed by atoms with E-state index < -0.39 is 0 Å². The summed E-state index contributed by atoms with van der Waals surface area (Å²) in [4.78, 5) is 4.70. The van der Waals surface area contributed by atoms with Crippen LogP contribution in [0, 0.1) is 0 Å². The molecule has 19 heavy (non-hydrogen) atoms. The van der Waals surface area contributed by atoms with E-state index in [1.807, 2.05) is 24.3 Å². The maximum Gasteiger partial charge on any atom is 0.124 e. The smallest absolute Gasteiger partial charge is 0.124 e. The van der Waals surface area contributed by atoms with Gasteiger partial charge in [-0.3, -0.25) is 0 Å². The largest absolute Gasteiger partial charge is 0.236 e. The van der Waals surface area contributed by atoms with Gasteiger partial charge in [0.25, 0.3) is 0 Å². The lowest BCUT2D eigenvalue weighted by atomic mass is 10.2. The molecule has 4 heteroatoms. The zero-order chi connectivity index (χ0) is 13.2. The van der Waals surface area contributed by atoms with Crippen LogP contribution in [0.4, 0.5) is 0 Å². The summed E-state index contributed by atoms with van der Waals surface area (Å²) in [6.45, 7) is 0. The molecule has 0 aliphatic rings. The molecule has 0 spiro atoms. The van der Waals surface area contributed by atoms with E-state index in [-0.39, 0.29) is 0 Å². The van der Waals surface area contributed by atoms with Gasteiger partial charge in [-0.15, -0.1) is 11.3 Å². The lowest BCUT2D eigenvalue weighted by Crippen LogP contribution is -1.79. The van der Waals surface area contributed by atoms with E-state index in [2.05, 4.69) is 61.5 Å². The van der Waals surface area contributed by atoms with Crippen LogP contribution in [0.3, 0.4) is 0 Å². The molecule has 0 aliphatic carbocycles. The summed E-state index contributed by atoms with van der Waals surface area (Å²) in [6.07, 6.45) is 0. The highest BCUT2D eigenvalue weighted by Crippen LogP contribution is 2.30. The minimum absolute atomic E-state index is 1.02. The van der Waals surface area contributed by atoms with Crippen LogP contribution < -0.4 is 0 Å². The standard InChI is InChI=1S/C15H9Br2NS/c16-12-6-4-10(5-7-12)15-18-14(9-19-15)11-2-1-3-13(17)8-11/h1-9H. The number of aromatic nitrogens is 1. The third-order valence-electron chi connectivity index (χ3n) is 2.72. The highest BCUT2D eigenvalue weighted by molar-refractivity contribution is 9.10. The Bertz CT molecular complexity index is 704. The third-order valence-corrected chi connectivity index (χ3v) is 4.63. The number of halogens is 2. The van der Waals surface area contributed by atoms with Crippen molar-refractivity contribution in [1.82, 2.24) is 4.98 Å². The summed E-state index contributed by atoms with van der Waals surface area (Å²) >= 11 is 8.60. The van der Waals surface area contributed by atoms with Crippen LogP contribution in [-0.2, 0) is 0 Å². The Kier molecular flexibility index (Phi) is 3.82. The first-order chi connectivity index (χ1) is 9.22. The fourth-order valence-corrected chi connectivity index (χ4v) is 3.28. The number of nitrogens with zero attached hydrogens (tertiary/aromatic N) is 1. The van der Waals surface area contributed by atoms with Crippen molar-refractivity contribution in [1.29, 1.82) is 0 Å². The maximum atomic E-state index is 4.70. The van der Waals surface area contributed by atoms with Crippen LogP contribution in [0.2, 0.25) is 0 Å². The molecule has 0 unspecified atom stereocenters. The Morgan fingerprint density at radius 2 is 1.63 bits per heavy atom. The predicted molar refractivity (Wildman–Crippen MR) is 88.4 cm³/mol. The molecule has 1 heterocycles. The minimum Gasteiger partial charge on any atom is -0.236 e. The average Bonchev–Trinajstić information content (AvgIpc) is 2.89. The first kappa shape index (κ1) is 13.0. The highest BCUT2D eigenvalue weighted by Gasteiger charge is 2.06. The van der Waals surface area contributed by atoms with Crippen molar-refractivity contribution in [2.45, 2.75) is 0 Å². The van der Waals surface area contributed by atoms with Crippen LogP contribution in [-0.4, -0.2) is 4.98 Å². The Morgan fingerprint density at radius 3 is 2.37 bits per heavy atom. The number of hydrogen-bond acceptors (Lipinski definition) is 2. The number of thiazole rings is 1. The molecule has 0 radical (unpaired) electrons. The number of rotatable bonds is 2. The molecule has 0 atom stereocenters. The fraction of sp³-hybridized carbons (Fsp3) is 0. The second kappa shape index (κ2) is 5.57. The topological polar surface area (TPSA) is 12.9 Å². The summed E-state index contributed by atoms with van der Waals surface area (Å²) in [5.74, 6) is 0. The molecule has 2 aromatic carbocycles. The number of benzene rings is 2. The Hall–Kier alpha value is -0.970. The Labute approximate surface area is 132 Å². The average molecular weight is 395 g/mol. The quantitative estimate of drug-likeness (QED) is 0.519. The second-order valence-corrected chi connectivity index (χ2v) is 6.74. The second-order valence-electron chi connectivity index (χ2n) is 4.06. The van der Waals surface area contributed by atoms with E-state index in [4.69, 9.17) is 4.98 Å². The van der Waals surface area contributed by atoms with E-state index >= 15 is 0 Å². The van der Waals surface area contributed by atoms with Gasteiger partial charge < -0.3 is 0 Å². The van der Waals surface area contributed by atoms with Crippen molar-refractivity contribution < 1.29 is 0 Å². The minimum atomic E-state index is 1.02. The van der Waals surface area contributed by atoms with E-state index in [9.17, 15) is 0 Å². The molecule has 0 aliphatic heterocycles. The summed E-state index contributed by atoms with van der Waals surface area (Å²) in [7, 11) is 0. The van der Waals surface area contributed by atoms with Crippen molar-refractivity contribution in [3.63, 3.8) is 0 Å². The van der Waals surface area contributed by atoms with E-state index in [1.54, 1.807) is 11.3 Å². The first-order valence-corrected chi connectivity index (χ1v) is 8.16. The Morgan fingerprint density at radius 1 is 0.842 bits per heavy atom. The first-order valence-electron chi connectivity index (χ1n) is 5.70. The lowest BCUT2D eigenvalue weighted by molar-refractivity contribution is 1.40. The molecule has 0 fully saturated rings. The fourth-order valence-electron chi connectivity index (χ4n) is 1.78.